The van der Waals surface area contributed by atoms with Crippen LogP contribution in [0.25, 0.3) is 11.0 Å². The van der Waals surface area contributed by atoms with Gasteiger partial charge in [0, 0.05) is 16.7 Å². The Balaban J connectivity index is 1.79. The number of benzene rings is 2. The summed E-state index contributed by atoms with van der Waals surface area (Å²) in [4.78, 5) is 0. The number of phenols is 1. The summed E-state index contributed by atoms with van der Waals surface area (Å²) in [6, 6.07) is 11.7. The zero-order valence-electron chi connectivity index (χ0n) is 14.0. The molecule has 2 aromatic carbocycles. The van der Waals surface area contributed by atoms with Crippen LogP contribution in [0, 0.1) is 0 Å². The molecule has 0 aliphatic rings. The fourth-order valence-electron chi connectivity index (χ4n) is 2.93. The average Bonchev–Trinajstić information content (AvgIpc) is 2.56. The number of nitrogen functional groups attached to an aromatic ring is 1. The number of hydrogen-bond acceptors (Lipinski definition) is 3. The quantitative estimate of drug-likeness (QED) is 0.228. The molecule has 0 spiro atoms. The summed E-state index contributed by atoms with van der Waals surface area (Å²) in [5, 5.41) is 13.5. The maximum Gasteiger partial charge on any atom is 0.138 e. The van der Waals surface area contributed by atoms with Crippen LogP contribution in [-0.4, -0.2) is 14.5 Å². The van der Waals surface area contributed by atoms with Gasteiger partial charge in [0.25, 0.3) is 0 Å². The van der Waals surface area contributed by atoms with Gasteiger partial charge in [0.1, 0.15) is 12.4 Å². The van der Waals surface area contributed by atoms with Gasteiger partial charge in [0.05, 0.1) is 16.7 Å². The molecule has 4 N–H and O–H groups in total. The number of nitrogens with two attached hydrogens (primary N) is 1. The first-order valence-electron chi connectivity index (χ1n) is 8.12. The minimum absolute atomic E-state index is 0.273. The van der Waals surface area contributed by atoms with Gasteiger partial charge in [-0.1, -0.05) is 42.0 Å². The average molecular weight is 438 g/mol. The van der Waals surface area contributed by atoms with E-state index in [0.717, 1.165) is 35.2 Å². The van der Waals surface area contributed by atoms with E-state index in [0.29, 0.717) is 10.6 Å². The lowest BCUT2D eigenvalue weighted by molar-refractivity contribution is 0.474. The lowest BCUT2D eigenvalue weighted by Crippen LogP contribution is -2.24. The van der Waals surface area contributed by atoms with Gasteiger partial charge in [0.2, 0.25) is 0 Å². The maximum absolute atomic E-state index is 10.1. The van der Waals surface area contributed by atoms with E-state index in [2.05, 4.69) is 44.2 Å². The summed E-state index contributed by atoms with van der Waals surface area (Å²) in [6.45, 7) is 2.76. The van der Waals surface area contributed by atoms with Crippen molar-refractivity contribution in [3.63, 3.8) is 0 Å². The van der Waals surface area contributed by atoms with Crippen molar-refractivity contribution in [3.05, 3.63) is 42.0 Å². The molecule has 1 unspecified atom stereocenters. The van der Waals surface area contributed by atoms with Gasteiger partial charge in [-0.15, -0.1) is 0 Å². The zero-order chi connectivity index (χ0) is 17.3. The smallest absolute Gasteiger partial charge is 0.138 e. The highest BCUT2D eigenvalue weighted by atomic mass is 127. The first-order valence-corrected chi connectivity index (χ1v) is 9.37. The molecule has 0 fully saturated rings. The third kappa shape index (κ3) is 3.19. The summed E-state index contributed by atoms with van der Waals surface area (Å²) >= 11 is 2.46. The van der Waals surface area contributed by atoms with E-state index in [1.807, 2.05) is 37.4 Å². The Morgan fingerprint density at radius 3 is 2.75 bits per heavy atom. The van der Waals surface area contributed by atoms with Crippen molar-refractivity contribution in [1.29, 1.82) is 0 Å². The van der Waals surface area contributed by atoms with Gasteiger partial charge >= 0.3 is 0 Å². The number of rotatable bonds is 6. The van der Waals surface area contributed by atoms with Crippen LogP contribution in [0.1, 0.15) is 29.3 Å². The predicted molar refractivity (Wildman–Crippen MR) is 109 cm³/mol. The van der Waals surface area contributed by atoms with Crippen LogP contribution in [-0.2, 0) is 13.7 Å². The minimum atomic E-state index is 0.273. The number of fused-ring (bicyclic) bond motifs is 1. The van der Waals surface area contributed by atoms with Crippen LogP contribution < -0.4 is 11.1 Å². The third-order valence-electron chi connectivity index (χ3n) is 4.33. The second-order valence-corrected chi connectivity index (χ2v) is 7.54. The van der Waals surface area contributed by atoms with Gasteiger partial charge in [-0.25, -0.2) is 0 Å². The van der Waals surface area contributed by atoms with Crippen LogP contribution in [0.4, 0.5) is 11.4 Å². The fraction of sp³-hybridized carbons (Fsp3) is 0.333. The van der Waals surface area contributed by atoms with Crippen LogP contribution in [0.15, 0.2) is 36.4 Å². The van der Waals surface area contributed by atoms with Gasteiger partial charge < -0.3 is 16.2 Å². The summed E-state index contributed by atoms with van der Waals surface area (Å²) < 4.78 is 4.62. The van der Waals surface area contributed by atoms with Crippen molar-refractivity contribution in [2.75, 3.05) is 11.1 Å². The normalized spacial score (nSPS) is 12.6. The Hall–Kier alpha value is -1.83. The van der Waals surface area contributed by atoms with Crippen LogP contribution >= 0.6 is 22.6 Å². The zero-order valence-corrected chi connectivity index (χ0v) is 16.1. The second kappa shape index (κ2) is 6.96. The molecular weight excluding hydrogens is 415 g/mol. The number of phenolic OH excluding ortho intramolecular Hbond substituents is 1. The predicted octanol–water partition coefficient (Wildman–Crippen LogP) is 4.61. The van der Waals surface area contributed by atoms with Crippen LogP contribution in [0.3, 0.4) is 0 Å². The number of halogens is 1. The number of nitrogens with zero attached hydrogens (tertiary/aromatic N) is 2. The van der Waals surface area contributed by atoms with Gasteiger partial charge in [-0.05, 0) is 42.3 Å². The van der Waals surface area contributed by atoms with Crippen molar-refractivity contribution in [1.82, 2.24) is 9.36 Å². The molecule has 1 atom stereocenters. The van der Waals surface area contributed by atoms with Crippen molar-refractivity contribution >= 4 is 45.0 Å². The Morgan fingerprint density at radius 1 is 1.21 bits per heavy atom. The molecule has 0 aliphatic heterocycles. The van der Waals surface area contributed by atoms with E-state index < -0.39 is 0 Å². The Labute approximate surface area is 155 Å². The van der Waals surface area contributed by atoms with Crippen molar-refractivity contribution in [2.24, 2.45) is 7.05 Å². The Kier molecular flexibility index (Phi) is 4.93. The molecule has 3 rings (SSSR count). The maximum atomic E-state index is 10.1. The van der Waals surface area contributed by atoms with Crippen molar-refractivity contribution in [2.45, 2.75) is 30.4 Å². The van der Waals surface area contributed by atoms with E-state index in [1.165, 1.54) is 5.56 Å². The van der Waals surface area contributed by atoms with E-state index in [9.17, 15) is 5.11 Å². The van der Waals surface area contributed by atoms with E-state index in [4.69, 9.17) is 5.73 Å². The van der Waals surface area contributed by atoms with Gasteiger partial charge in [0.15, 0.2) is 0 Å². The largest absolute Gasteiger partial charge is 0.506 e. The molecule has 0 saturated heterocycles. The number of hydrogen-bond donors (Lipinski definition) is 3. The molecule has 0 amide bonds. The molecule has 0 aliphatic carbocycles. The molecule has 1 heterocycles. The Bertz CT molecular complexity index is 852. The number of aryl methyl sites for hydroxylation is 1. The summed E-state index contributed by atoms with van der Waals surface area (Å²) in [6.07, 6.45) is 2.28. The highest BCUT2D eigenvalue weighted by molar-refractivity contribution is 14.1. The van der Waals surface area contributed by atoms with Gasteiger partial charge in [-0.3, -0.25) is 9.36 Å². The van der Waals surface area contributed by atoms with E-state index in [-0.39, 0.29) is 5.75 Å². The summed E-state index contributed by atoms with van der Waals surface area (Å²) in [5.74, 6) is 0.273. The van der Waals surface area contributed by atoms with Crippen LogP contribution in [0.5, 0.6) is 5.75 Å². The lowest BCUT2D eigenvalue weighted by atomic mass is 10.1. The molecule has 0 radical (unpaired) electrons. The number of aromatic hydroxyl groups is 1. The van der Waals surface area contributed by atoms with Crippen molar-refractivity contribution in [3.8, 4) is 5.75 Å². The highest BCUT2D eigenvalue weighted by Gasteiger charge is 2.12. The SMILES string of the molecule is CCCC(I)c1ccc(O)c(NCn2c3cc(N)ccc3n2C)c1. The first-order chi connectivity index (χ1) is 11.5. The fourth-order valence-corrected chi connectivity index (χ4v) is 3.94. The molecule has 128 valence electrons. The van der Waals surface area contributed by atoms with Crippen molar-refractivity contribution < 1.29 is 5.11 Å². The number of anilines is 2. The highest BCUT2D eigenvalue weighted by Crippen LogP contribution is 2.34. The number of nitrogens with one attached hydrogen (secondary N) is 1. The summed E-state index contributed by atoms with van der Waals surface area (Å²) in [5.41, 5.74) is 10.9. The molecule has 0 bridgehead atoms. The molecule has 0 saturated carbocycles. The number of aromatic nitrogens is 2. The molecular formula is C18H23IN4O. The molecule has 6 heteroatoms. The topological polar surface area (TPSA) is 68.1 Å². The molecule has 3 aromatic rings. The second-order valence-electron chi connectivity index (χ2n) is 6.04. The third-order valence-corrected chi connectivity index (χ3v) is 5.67. The lowest BCUT2D eigenvalue weighted by Gasteiger charge is -2.25. The number of alkyl halides is 1. The summed E-state index contributed by atoms with van der Waals surface area (Å²) in [7, 11) is 2.01. The van der Waals surface area contributed by atoms with Gasteiger partial charge in [-0.2, -0.15) is 0 Å². The molecule has 24 heavy (non-hydrogen) atoms. The molecule has 1 aromatic heterocycles. The first kappa shape index (κ1) is 17.0. The monoisotopic (exact) mass is 438 g/mol. The molecule has 5 nitrogen and oxygen atoms in total. The standard InChI is InChI=1S/C18H23IN4O/c1-3-4-14(19)12-5-8-18(24)15(9-12)21-11-23-17-10-13(20)6-7-16(17)22(23)2/h5-10,14,21,24H,3-4,11,20H2,1-2H3. The minimum Gasteiger partial charge on any atom is -0.506 e. The Morgan fingerprint density at radius 2 is 2.00 bits per heavy atom. The van der Waals surface area contributed by atoms with E-state index in [1.54, 1.807) is 6.07 Å². The van der Waals surface area contributed by atoms with E-state index >= 15 is 0 Å². The van der Waals surface area contributed by atoms with Crippen LogP contribution in [0.2, 0.25) is 0 Å².